The van der Waals surface area contributed by atoms with E-state index in [1.807, 2.05) is 19.1 Å². The molecule has 1 amide bonds. The van der Waals surface area contributed by atoms with Crippen molar-refractivity contribution in [2.24, 2.45) is 5.73 Å². The first-order valence-corrected chi connectivity index (χ1v) is 11.3. The summed E-state index contributed by atoms with van der Waals surface area (Å²) in [6.07, 6.45) is 1.01. The van der Waals surface area contributed by atoms with Crippen molar-refractivity contribution in [1.29, 1.82) is 0 Å². The van der Waals surface area contributed by atoms with Gasteiger partial charge in [-0.2, -0.15) is 4.98 Å². The Hall–Kier alpha value is -3.69. The second-order valence-corrected chi connectivity index (χ2v) is 8.38. The predicted octanol–water partition coefficient (Wildman–Crippen LogP) is 3.75. The number of aromatic nitrogens is 4. The maximum atomic E-state index is 11.2. The number of hydrogen-bond acceptors (Lipinski definition) is 7. The number of pyridine rings is 2. The lowest BCUT2D eigenvalue weighted by Gasteiger charge is -2.28. The predicted molar refractivity (Wildman–Crippen MR) is 129 cm³/mol. The number of hydrogen-bond donors (Lipinski definition) is 2. The first-order valence-electron chi connectivity index (χ1n) is 10.9. The van der Waals surface area contributed by atoms with E-state index >= 15 is 0 Å². The highest BCUT2D eigenvalue weighted by Gasteiger charge is 2.16. The number of H-pyrrole nitrogens is 1. The Balaban J connectivity index is 1.35. The van der Waals surface area contributed by atoms with Crippen molar-refractivity contribution in [3.05, 3.63) is 64.9 Å². The van der Waals surface area contributed by atoms with Gasteiger partial charge < -0.3 is 25.1 Å². The van der Waals surface area contributed by atoms with Gasteiger partial charge >= 0.3 is 0 Å². The number of rotatable bonds is 6. The van der Waals surface area contributed by atoms with Crippen LogP contribution < -0.4 is 15.4 Å². The van der Waals surface area contributed by atoms with E-state index in [9.17, 15) is 4.79 Å². The van der Waals surface area contributed by atoms with E-state index in [0.717, 1.165) is 37.6 Å². The smallest absolute Gasteiger partial charge is 0.296 e. The second kappa shape index (κ2) is 9.28. The molecule has 34 heavy (non-hydrogen) atoms. The monoisotopic (exact) mass is 478 g/mol. The Morgan fingerprint density at radius 1 is 1.18 bits per heavy atom. The molecule has 0 spiro atoms. The maximum absolute atomic E-state index is 11.2. The molecule has 1 aliphatic heterocycles. The van der Waals surface area contributed by atoms with E-state index in [1.54, 1.807) is 18.2 Å². The highest BCUT2D eigenvalue weighted by molar-refractivity contribution is 6.33. The molecule has 3 aromatic heterocycles. The van der Waals surface area contributed by atoms with Gasteiger partial charge in [-0.3, -0.25) is 9.78 Å². The number of amides is 1. The normalized spacial score (nSPS) is 14.8. The van der Waals surface area contributed by atoms with E-state index in [0.29, 0.717) is 39.1 Å². The van der Waals surface area contributed by atoms with Gasteiger partial charge in [-0.25, -0.2) is 4.98 Å². The second-order valence-electron chi connectivity index (χ2n) is 7.97. The number of carbonyl (C=O) groups is 1. The highest BCUT2D eigenvalue weighted by atomic mass is 35.5. The first-order chi connectivity index (χ1) is 16.5. The third kappa shape index (κ3) is 4.52. The molecule has 0 saturated carbocycles. The molecule has 3 N–H and O–H groups in total. The summed E-state index contributed by atoms with van der Waals surface area (Å²) in [7, 11) is 0. The van der Waals surface area contributed by atoms with E-state index in [1.165, 1.54) is 6.20 Å². The zero-order valence-electron chi connectivity index (χ0n) is 18.5. The summed E-state index contributed by atoms with van der Waals surface area (Å²) in [5.41, 5.74) is 10.1. The van der Waals surface area contributed by atoms with Gasteiger partial charge in [0.1, 0.15) is 6.10 Å². The van der Waals surface area contributed by atoms with E-state index in [2.05, 4.69) is 37.0 Å². The summed E-state index contributed by atoms with van der Waals surface area (Å²) in [5, 5.41) is 0.513. The Bertz CT molecular complexity index is 1320. The molecule has 1 aromatic carbocycles. The Morgan fingerprint density at radius 2 is 1.94 bits per heavy atom. The van der Waals surface area contributed by atoms with Crippen LogP contribution in [-0.2, 0) is 4.74 Å². The quantitative estimate of drug-likeness (QED) is 0.433. The van der Waals surface area contributed by atoms with Gasteiger partial charge in [0.25, 0.3) is 6.01 Å². The van der Waals surface area contributed by atoms with Gasteiger partial charge in [0.05, 0.1) is 40.7 Å². The van der Waals surface area contributed by atoms with E-state index < -0.39 is 12.0 Å². The number of benzene rings is 1. The summed E-state index contributed by atoms with van der Waals surface area (Å²) < 4.78 is 11.3. The van der Waals surface area contributed by atoms with Crippen molar-refractivity contribution in [2.45, 2.75) is 13.0 Å². The van der Waals surface area contributed by atoms with Gasteiger partial charge in [0.2, 0.25) is 5.91 Å². The number of primary amides is 1. The van der Waals surface area contributed by atoms with Crippen LogP contribution in [0.2, 0.25) is 5.02 Å². The summed E-state index contributed by atoms with van der Waals surface area (Å²) in [6.45, 7) is 5.07. The van der Waals surface area contributed by atoms with Gasteiger partial charge in [-0.15, -0.1) is 0 Å². The number of aromatic amines is 1. The number of carbonyl (C=O) groups excluding carboxylic acids is 1. The molecule has 10 heteroatoms. The fourth-order valence-corrected chi connectivity index (χ4v) is 4.09. The van der Waals surface area contributed by atoms with Crippen LogP contribution in [0.4, 0.5) is 5.69 Å². The molecule has 0 aliphatic carbocycles. The molecule has 1 saturated heterocycles. The van der Waals surface area contributed by atoms with Crippen LogP contribution >= 0.6 is 11.6 Å². The molecule has 0 bridgehead atoms. The van der Waals surface area contributed by atoms with Crippen molar-refractivity contribution in [3.8, 4) is 17.3 Å². The third-order valence-corrected chi connectivity index (χ3v) is 5.99. The molecule has 0 radical (unpaired) electrons. The van der Waals surface area contributed by atoms with Crippen molar-refractivity contribution in [3.63, 3.8) is 0 Å². The van der Waals surface area contributed by atoms with Gasteiger partial charge in [0, 0.05) is 30.5 Å². The average Bonchev–Trinajstić information content (AvgIpc) is 3.25. The highest BCUT2D eigenvalue weighted by Crippen LogP contribution is 2.31. The van der Waals surface area contributed by atoms with Crippen molar-refractivity contribution >= 4 is 34.4 Å². The van der Waals surface area contributed by atoms with Gasteiger partial charge in [-0.05, 0) is 37.3 Å². The third-order valence-electron chi connectivity index (χ3n) is 5.70. The number of nitrogens with two attached hydrogens (primary N) is 1. The summed E-state index contributed by atoms with van der Waals surface area (Å²) in [6, 6.07) is 13.6. The largest absolute Gasteiger partial charge is 0.455 e. The van der Waals surface area contributed by atoms with Crippen molar-refractivity contribution in [1.82, 2.24) is 19.9 Å². The number of nitrogens with one attached hydrogen (secondary N) is 1. The molecular weight excluding hydrogens is 456 g/mol. The average molecular weight is 479 g/mol. The number of halogens is 1. The van der Waals surface area contributed by atoms with Crippen LogP contribution in [0.3, 0.4) is 0 Å². The number of morpholine rings is 1. The molecule has 1 fully saturated rings. The minimum absolute atomic E-state index is 0.298. The Morgan fingerprint density at radius 3 is 2.62 bits per heavy atom. The van der Waals surface area contributed by atoms with E-state index in [4.69, 9.17) is 26.8 Å². The van der Waals surface area contributed by atoms with E-state index in [-0.39, 0.29) is 0 Å². The van der Waals surface area contributed by atoms with Crippen LogP contribution in [0.1, 0.15) is 29.1 Å². The molecule has 1 aliphatic rings. The van der Waals surface area contributed by atoms with Gasteiger partial charge in [-0.1, -0.05) is 23.7 Å². The Labute approximate surface area is 200 Å². The number of fused-ring (bicyclic) bond motifs is 1. The standard InChI is InChI=1S/C24H23ClN6O3/c1-14(19-7-4-16(13-27-19)22(26)32)34-24-28-20-12-18(25)21(29-23(20)30-24)15-2-5-17(6-3-15)31-8-10-33-11-9-31/h2-7,12-14H,8-11H2,1H3,(H2,26,32)(H,28,29,30). The number of anilines is 1. The molecule has 174 valence electrons. The van der Waals surface area contributed by atoms with Crippen LogP contribution in [0.25, 0.3) is 22.4 Å². The van der Waals surface area contributed by atoms with Crippen LogP contribution in [0.5, 0.6) is 6.01 Å². The molecule has 4 aromatic rings. The first kappa shape index (κ1) is 22.1. The fourth-order valence-electron chi connectivity index (χ4n) is 3.82. The Kier molecular flexibility index (Phi) is 6.04. The topological polar surface area (TPSA) is 119 Å². The van der Waals surface area contributed by atoms with Crippen LogP contribution in [0, 0.1) is 0 Å². The van der Waals surface area contributed by atoms with Gasteiger partial charge in [0.15, 0.2) is 5.65 Å². The SMILES string of the molecule is CC(Oc1nc2nc(-c3ccc(N4CCOCC4)cc3)c(Cl)cc2[nH]1)c1ccc(C(N)=O)cn1. The van der Waals surface area contributed by atoms with Crippen molar-refractivity contribution < 1.29 is 14.3 Å². The lowest BCUT2D eigenvalue weighted by atomic mass is 10.1. The minimum atomic E-state index is -0.528. The molecule has 1 atom stereocenters. The fraction of sp³-hybridized carbons (Fsp3) is 0.250. The zero-order chi connectivity index (χ0) is 23.7. The minimum Gasteiger partial charge on any atom is -0.455 e. The number of imidazole rings is 1. The zero-order valence-corrected chi connectivity index (χ0v) is 19.2. The molecule has 4 heterocycles. The van der Waals surface area contributed by atoms with Crippen LogP contribution in [0.15, 0.2) is 48.7 Å². The summed E-state index contributed by atoms with van der Waals surface area (Å²) >= 11 is 6.55. The molecule has 5 rings (SSSR count). The lowest BCUT2D eigenvalue weighted by Crippen LogP contribution is -2.36. The molecular formula is C24H23ClN6O3. The maximum Gasteiger partial charge on any atom is 0.296 e. The number of nitrogens with zero attached hydrogens (tertiary/aromatic N) is 4. The molecule has 9 nitrogen and oxygen atoms in total. The lowest BCUT2D eigenvalue weighted by molar-refractivity contribution is 0.0999. The van der Waals surface area contributed by atoms with Crippen molar-refractivity contribution in [2.75, 3.05) is 31.2 Å². The number of ether oxygens (including phenoxy) is 2. The summed E-state index contributed by atoms with van der Waals surface area (Å²) in [5.74, 6) is -0.528. The van der Waals surface area contributed by atoms with Crippen LogP contribution in [-0.4, -0.2) is 52.1 Å². The summed E-state index contributed by atoms with van der Waals surface area (Å²) in [4.78, 5) is 30.0. The molecule has 1 unspecified atom stereocenters.